The zero-order valence-electron chi connectivity index (χ0n) is 13.1. The molecule has 0 spiro atoms. The maximum absolute atomic E-state index is 12.9. The van der Waals surface area contributed by atoms with E-state index in [9.17, 15) is 23.1 Å². The van der Waals surface area contributed by atoms with Gasteiger partial charge in [-0.3, -0.25) is 9.48 Å². The lowest BCUT2D eigenvalue weighted by Crippen LogP contribution is -2.26. The van der Waals surface area contributed by atoms with E-state index in [1.165, 1.54) is 25.1 Å². The summed E-state index contributed by atoms with van der Waals surface area (Å²) in [4.78, 5) is 12.4. The number of alkyl halides is 3. The number of phenols is 1. The van der Waals surface area contributed by atoms with Crippen molar-refractivity contribution in [3.8, 4) is 5.75 Å². The van der Waals surface area contributed by atoms with Gasteiger partial charge in [0.1, 0.15) is 11.8 Å². The highest BCUT2D eigenvalue weighted by Gasteiger charge is 2.39. The Kier molecular flexibility index (Phi) is 4.40. The third-order valence-corrected chi connectivity index (χ3v) is 4.25. The van der Waals surface area contributed by atoms with Gasteiger partial charge in [0, 0.05) is 16.6 Å². The fourth-order valence-electron chi connectivity index (χ4n) is 2.50. The first-order chi connectivity index (χ1) is 11.7. The molecule has 9 heteroatoms. The molecule has 1 atom stereocenters. The van der Waals surface area contributed by atoms with Crippen molar-refractivity contribution in [3.63, 3.8) is 0 Å². The maximum atomic E-state index is 12.9. The van der Waals surface area contributed by atoms with E-state index in [-0.39, 0.29) is 17.4 Å². The molecule has 1 aliphatic rings. The predicted molar refractivity (Wildman–Crippen MR) is 85.7 cm³/mol. The van der Waals surface area contributed by atoms with Crippen molar-refractivity contribution in [1.82, 2.24) is 9.78 Å². The van der Waals surface area contributed by atoms with Crippen molar-refractivity contribution in [2.45, 2.75) is 37.9 Å². The smallest absolute Gasteiger partial charge is 0.435 e. The van der Waals surface area contributed by atoms with Gasteiger partial charge in [0.05, 0.1) is 5.69 Å². The van der Waals surface area contributed by atoms with Crippen molar-refractivity contribution < 1.29 is 23.1 Å². The highest BCUT2D eigenvalue weighted by molar-refractivity contribution is 6.31. The van der Waals surface area contributed by atoms with Crippen LogP contribution in [0.5, 0.6) is 5.75 Å². The number of carbonyl (C=O) groups is 1. The van der Waals surface area contributed by atoms with Gasteiger partial charge in [-0.15, -0.1) is 0 Å². The quantitative estimate of drug-likeness (QED) is 0.783. The van der Waals surface area contributed by atoms with Crippen molar-refractivity contribution in [2.24, 2.45) is 0 Å². The van der Waals surface area contributed by atoms with Gasteiger partial charge in [0.15, 0.2) is 5.69 Å². The number of rotatable bonds is 4. The summed E-state index contributed by atoms with van der Waals surface area (Å²) >= 11 is 5.82. The van der Waals surface area contributed by atoms with E-state index < -0.39 is 23.8 Å². The largest absolute Gasteiger partial charge is 0.506 e. The third kappa shape index (κ3) is 3.73. The van der Waals surface area contributed by atoms with Crippen LogP contribution in [0, 0.1) is 0 Å². The molecule has 0 bridgehead atoms. The fraction of sp³-hybridized carbons (Fsp3) is 0.375. The summed E-state index contributed by atoms with van der Waals surface area (Å²) in [7, 11) is 0. The number of hydrogen-bond donors (Lipinski definition) is 2. The summed E-state index contributed by atoms with van der Waals surface area (Å²) in [5, 5.41) is 16.1. The molecule has 134 valence electrons. The molecule has 1 aromatic carbocycles. The molecule has 0 saturated heterocycles. The number of hydrogen-bond acceptors (Lipinski definition) is 3. The molecule has 0 radical (unpaired) electrons. The number of nitrogens with zero attached hydrogens (tertiary/aromatic N) is 2. The third-order valence-electron chi connectivity index (χ3n) is 4.01. The van der Waals surface area contributed by atoms with Crippen LogP contribution in [0.25, 0.3) is 0 Å². The predicted octanol–water partition coefficient (Wildman–Crippen LogP) is 4.34. The van der Waals surface area contributed by atoms with E-state index in [0.29, 0.717) is 10.7 Å². The molecular weight excluding hydrogens is 359 g/mol. The van der Waals surface area contributed by atoms with E-state index in [1.54, 1.807) is 0 Å². The molecule has 1 fully saturated rings. The Morgan fingerprint density at radius 2 is 2.08 bits per heavy atom. The lowest BCUT2D eigenvalue weighted by atomic mass is 10.2. The second-order valence-corrected chi connectivity index (χ2v) is 6.43. The summed E-state index contributed by atoms with van der Waals surface area (Å²) in [5.41, 5.74) is -0.537. The fourth-order valence-corrected chi connectivity index (χ4v) is 2.67. The van der Waals surface area contributed by atoms with Crippen LogP contribution in [0.4, 0.5) is 18.9 Å². The van der Waals surface area contributed by atoms with E-state index in [4.69, 9.17) is 11.6 Å². The Morgan fingerprint density at radius 3 is 2.68 bits per heavy atom. The van der Waals surface area contributed by atoms with E-state index in [2.05, 4.69) is 10.4 Å². The average Bonchev–Trinajstić information content (AvgIpc) is 3.27. The lowest BCUT2D eigenvalue weighted by molar-refractivity contribution is -0.141. The van der Waals surface area contributed by atoms with Crippen molar-refractivity contribution in [3.05, 3.63) is 40.7 Å². The Morgan fingerprint density at radius 1 is 1.40 bits per heavy atom. The standard InChI is InChI=1S/C16H15ClF3N3O2/c1-8(15(25)21-11-6-10(17)4-5-13(11)24)23-12(9-2-3-9)7-14(22-23)16(18,19)20/h4-9,24H,2-3H2,1H3,(H,21,25). The number of anilines is 1. The zero-order valence-corrected chi connectivity index (χ0v) is 13.9. The molecule has 3 rings (SSSR count). The SMILES string of the molecule is CC(C(=O)Nc1cc(Cl)ccc1O)n1nc(C(F)(F)F)cc1C1CC1. The minimum absolute atomic E-state index is 0.0153. The molecule has 2 aromatic rings. The number of aromatic nitrogens is 2. The Hall–Kier alpha value is -2.22. The van der Waals surface area contributed by atoms with Gasteiger partial charge >= 0.3 is 6.18 Å². The van der Waals surface area contributed by atoms with Crippen LogP contribution >= 0.6 is 11.6 Å². The van der Waals surface area contributed by atoms with Crippen LogP contribution in [0.15, 0.2) is 24.3 Å². The van der Waals surface area contributed by atoms with Crippen molar-refractivity contribution in [2.75, 3.05) is 5.32 Å². The van der Waals surface area contributed by atoms with Crippen LogP contribution in [0.3, 0.4) is 0 Å². The molecule has 2 N–H and O–H groups in total. The van der Waals surface area contributed by atoms with E-state index in [1.807, 2.05) is 0 Å². The molecule has 1 saturated carbocycles. The van der Waals surface area contributed by atoms with Gasteiger partial charge in [-0.1, -0.05) is 11.6 Å². The van der Waals surface area contributed by atoms with Gasteiger partial charge in [0.2, 0.25) is 5.91 Å². The number of halogens is 4. The summed E-state index contributed by atoms with van der Waals surface area (Å²) in [6.45, 7) is 1.45. The van der Waals surface area contributed by atoms with Gasteiger partial charge < -0.3 is 10.4 Å². The maximum Gasteiger partial charge on any atom is 0.435 e. The van der Waals surface area contributed by atoms with Crippen LogP contribution in [-0.4, -0.2) is 20.8 Å². The first kappa shape index (κ1) is 17.6. The minimum Gasteiger partial charge on any atom is -0.506 e. The number of benzene rings is 1. The Balaban J connectivity index is 1.87. The number of amides is 1. The first-order valence-electron chi connectivity index (χ1n) is 7.63. The normalized spacial score (nSPS) is 15.9. The number of aromatic hydroxyl groups is 1. The Bertz CT molecular complexity index is 815. The minimum atomic E-state index is -4.57. The number of nitrogens with one attached hydrogen (secondary N) is 1. The molecule has 1 heterocycles. The molecule has 0 aliphatic heterocycles. The second kappa shape index (κ2) is 6.25. The molecule has 1 unspecified atom stereocenters. The van der Waals surface area contributed by atoms with Gasteiger partial charge in [-0.25, -0.2) is 0 Å². The summed E-state index contributed by atoms with van der Waals surface area (Å²) < 4.78 is 40.0. The van der Waals surface area contributed by atoms with Crippen molar-refractivity contribution >= 4 is 23.2 Å². The van der Waals surface area contributed by atoms with Gasteiger partial charge in [-0.2, -0.15) is 18.3 Å². The first-order valence-corrected chi connectivity index (χ1v) is 8.00. The summed E-state index contributed by atoms with van der Waals surface area (Å²) in [6, 6.07) is 4.13. The van der Waals surface area contributed by atoms with E-state index in [0.717, 1.165) is 23.6 Å². The summed E-state index contributed by atoms with van der Waals surface area (Å²) in [6.07, 6.45) is -3.03. The number of carbonyl (C=O) groups excluding carboxylic acids is 1. The molecule has 1 aliphatic carbocycles. The van der Waals surface area contributed by atoms with Crippen LogP contribution in [-0.2, 0) is 11.0 Å². The van der Waals surface area contributed by atoms with E-state index >= 15 is 0 Å². The number of phenolic OH excluding ortho intramolecular Hbond substituents is 1. The molecule has 1 amide bonds. The van der Waals surface area contributed by atoms with Crippen molar-refractivity contribution in [1.29, 1.82) is 0 Å². The molecule has 1 aromatic heterocycles. The highest BCUT2D eigenvalue weighted by Crippen LogP contribution is 2.43. The summed E-state index contributed by atoms with van der Waals surface area (Å²) in [5.74, 6) is -0.807. The van der Waals surface area contributed by atoms with Crippen LogP contribution in [0.1, 0.15) is 43.1 Å². The van der Waals surface area contributed by atoms with Crippen LogP contribution in [0.2, 0.25) is 5.02 Å². The monoisotopic (exact) mass is 373 g/mol. The molecule has 5 nitrogen and oxygen atoms in total. The van der Waals surface area contributed by atoms with Crippen LogP contribution < -0.4 is 5.32 Å². The highest BCUT2D eigenvalue weighted by atomic mass is 35.5. The zero-order chi connectivity index (χ0) is 18.4. The lowest BCUT2D eigenvalue weighted by Gasteiger charge is -2.16. The molecular formula is C16H15ClF3N3O2. The molecule has 25 heavy (non-hydrogen) atoms. The average molecular weight is 374 g/mol. The van der Waals surface area contributed by atoms with Gasteiger partial charge in [0.25, 0.3) is 0 Å². The van der Waals surface area contributed by atoms with Gasteiger partial charge in [-0.05, 0) is 44.0 Å². The Labute approximate surface area is 146 Å². The topological polar surface area (TPSA) is 67.2 Å². The second-order valence-electron chi connectivity index (χ2n) is 6.00.